The molecular weight excluding hydrogens is 434 g/mol. The van der Waals surface area contributed by atoms with E-state index in [9.17, 15) is 9.59 Å². The molecule has 0 aliphatic heterocycles. The third kappa shape index (κ3) is 6.54. The summed E-state index contributed by atoms with van der Waals surface area (Å²) in [5.41, 5.74) is 2.34. The fraction of sp³-hybridized carbons (Fsp3) is 0.261. The molecule has 1 aromatic heterocycles. The molecule has 0 aliphatic rings. The highest BCUT2D eigenvalue weighted by atomic mass is 35.5. The number of carbonyl (C=O) groups excluding carboxylic acids is 2. The molecular formula is C23H24ClN3O3S. The first-order chi connectivity index (χ1) is 14.8. The maximum absolute atomic E-state index is 12.6. The van der Waals surface area contributed by atoms with E-state index in [0.717, 1.165) is 16.3 Å². The second kappa shape index (κ2) is 10.4. The van der Waals surface area contributed by atoms with Crippen LogP contribution in [0.15, 0.2) is 48.5 Å². The van der Waals surface area contributed by atoms with Crippen LogP contribution in [0.25, 0.3) is 0 Å². The van der Waals surface area contributed by atoms with Gasteiger partial charge in [0.15, 0.2) is 0 Å². The van der Waals surface area contributed by atoms with Gasteiger partial charge in [-0.15, -0.1) is 11.3 Å². The number of thiazole rings is 1. The molecule has 3 rings (SSSR count). The normalized spacial score (nSPS) is 10.7. The van der Waals surface area contributed by atoms with Gasteiger partial charge in [0.1, 0.15) is 22.2 Å². The van der Waals surface area contributed by atoms with Crippen molar-refractivity contribution in [2.75, 3.05) is 5.32 Å². The van der Waals surface area contributed by atoms with Gasteiger partial charge in [0.05, 0.1) is 5.69 Å². The Labute approximate surface area is 190 Å². The second-order valence-corrected chi connectivity index (χ2v) is 8.81. The van der Waals surface area contributed by atoms with Gasteiger partial charge >= 0.3 is 0 Å². The van der Waals surface area contributed by atoms with Gasteiger partial charge in [-0.2, -0.15) is 0 Å². The van der Waals surface area contributed by atoms with E-state index >= 15 is 0 Å². The molecule has 6 nitrogen and oxygen atoms in total. The van der Waals surface area contributed by atoms with E-state index in [4.69, 9.17) is 16.3 Å². The molecule has 0 saturated heterocycles. The molecule has 0 saturated carbocycles. The molecule has 0 unspecified atom stereocenters. The summed E-state index contributed by atoms with van der Waals surface area (Å²) in [6.45, 7) is 6.16. The van der Waals surface area contributed by atoms with E-state index in [1.807, 2.05) is 45.0 Å². The monoisotopic (exact) mass is 457 g/mol. The van der Waals surface area contributed by atoms with E-state index < -0.39 is 0 Å². The average molecular weight is 458 g/mol. The lowest BCUT2D eigenvalue weighted by Crippen LogP contribution is -2.22. The summed E-state index contributed by atoms with van der Waals surface area (Å²) in [7, 11) is 0. The molecule has 2 amide bonds. The van der Waals surface area contributed by atoms with Crippen LogP contribution >= 0.6 is 22.9 Å². The Balaban J connectivity index is 1.53. The number of nitrogens with zero attached hydrogens (tertiary/aromatic N) is 1. The SMILES string of the molecule is Cc1nc(COc2ccc(Cl)cc2)sc1C(=O)NCc1ccc(NC(=O)C(C)C)cc1. The largest absolute Gasteiger partial charge is 0.486 e. The van der Waals surface area contributed by atoms with E-state index in [2.05, 4.69) is 15.6 Å². The second-order valence-electron chi connectivity index (χ2n) is 7.29. The molecule has 0 aliphatic carbocycles. The van der Waals surface area contributed by atoms with Crippen LogP contribution in [0.4, 0.5) is 5.69 Å². The van der Waals surface area contributed by atoms with Crippen molar-refractivity contribution >= 4 is 40.4 Å². The van der Waals surface area contributed by atoms with E-state index in [0.29, 0.717) is 27.9 Å². The van der Waals surface area contributed by atoms with Crippen molar-refractivity contribution in [1.29, 1.82) is 0 Å². The number of aryl methyl sites for hydroxylation is 1. The Morgan fingerprint density at radius 3 is 2.42 bits per heavy atom. The van der Waals surface area contributed by atoms with Crippen molar-refractivity contribution in [3.05, 3.63) is 74.7 Å². The van der Waals surface area contributed by atoms with Crippen molar-refractivity contribution in [3.8, 4) is 5.75 Å². The van der Waals surface area contributed by atoms with Gasteiger partial charge in [-0.25, -0.2) is 4.98 Å². The number of rotatable bonds is 8. The summed E-state index contributed by atoms with van der Waals surface area (Å²) in [6.07, 6.45) is 0. The van der Waals surface area contributed by atoms with Crippen molar-refractivity contribution in [2.24, 2.45) is 5.92 Å². The van der Waals surface area contributed by atoms with Crippen LogP contribution in [-0.2, 0) is 17.9 Å². The van der Waals surface area contributed by atoms with Gasteiger partial charge in [0, 0.05) is 23.2 Å². The van der Waals surface area contributed by atoms with E-state index in [1.54, 1.807) is 24.3 Å². The van der Waals surface area contributed by atoms with Crippen LogP contribution in [-0.4, -0.2) is 16.8 Å². The summed E-state index contributed by atoms with van der Waals surface area (Å²) in [5.74, 6) is 0.405. The number of nitrogens with one attached hydrogen (secondary N) is 2. The highest BCUT2D eigenvalue weighted by Gasteiger charge is 2.15. The molecule has 2 N–H and O–H groups in total. The molecule has 162 valence electrons. The summed E-state index contributed by atoms with van der Waals surface area (Å²) in [4.78, 5) is 29.4. The number of aromatic nitrogens is 1. The van der Waals surface area contributed by atoms with Crippen LogP contribution in [0, 0.1) is 12.8 Å². The van der Waals surface area contributed by atoms with E-state index in [1.165, 1.54) is 11.3 Å². The number of hydrogen-bond donors (Lipinski definition) is 2. The molecule has 0 radical (unpaired) electrons. The van der Waals surface area contributed by atoms with Crippen molar-refractivity contribution in [1.82, 2.24) is 10.3 Å². The number of anilines is 1. The van der Waals surface area contributed by atoms with Gasteiger partial charge in [0.25, 0.3) is 5.91 Å². The minimum absolute atomic E-state index is 0.0300. The van der Waals surface area contributed by atoms with E-state index in [-0.39, 0.29) is 24.3 Å². The minimum Gasteiger partial charge on any atom is -0.486 e. The van der Waals surface area contributed by atoms with Crippen molar-refractivity contribution in [2.45, 2.75) is 33.9 Å². The predicted molar refractivity (Wildman–Crippen MR) is 124 cm³/mol. The number of carbonyl (C=O) groups is 2. The number of benzene rings is 2. The number of halogens is 1. The number of hydrogen-bond acceptors (Lipinski definition) is 5. The van der Waals surface area contributed by atoms with Crippen molar-refractivity contribution < 1.29 is 14.3 Å². The number of ether oxygens (including phenoxy) is 1. The highest BCUT2D eigenvalue weighted by molar-refractivity contribution is 7.13. The van der Waals surface area contributed by atoms with Gasteiger partial charge in [-0.3, -0.25) is 9.59 Å². The highest BCUT2D eigenvalue weighted by Crippen LogP contribution is 2.21. The Hall–Kier alpha value is -2.90. The molecule has 0 bridgehead atoms. The zero-order valence-corrected chi connectivity index (χ0v) is 19.1. The molecule has 0 atom stereocenters. The third-order valence-corrected chi connectivity index (χ3v) is 5.80. The maximum Gasteiger partial charge on any atom is 0.263 e. The molecule has 3 aromatic rings. The molecule has 0 spiro atoms. The molecule has 0 fully saturated rings. The van der Waals surface area contributed by atoms with Crippen LogP contribution in [0.1, 0.15) is 39.8 Å². The van der Waals surface area contributed by atoms with Gasteiger partial charge in [-0.05, 0) is 48.9 Å². The van der Waals surface area contributed by atoms with Crippen LogP contribution in [0.3, 0.4) is 0 Å². The third-order valence-electron chi connectivity index (χ3n) is 4.42. The molecule has 31 heavy (non-hydrogen) atoms. The summed E-state index contributed by atoms with van der Waals surface area (Å²) >= 11 is 7.19. The van der Waals surface area contributed by atoms with Crippen LogP contribution in [0.5, 0.6) is 5.75 Å². The smallest absolute Gasteiger partial charge is 0.263 e. The lowest BCUT2D eigenvalue weighted by atomic mass is 10.1. The topological polar surface area (TPSA) is 80.3 Å². The fourth-order valence-electron chi connectivity index (χ4n) is 2.66. The predicted octanol–water partition coefficient (Wildman–Crippen LogP) is 5.21. The summed E-state index contributed by atoms with van der Waals surface area (Å²) in [5, 5.41) is 7.13. The van der Waals surface area contributed by atoms with Gasteiger partial charge < -0.3 is 15.4 Å². The first-order valence-electron chi connectivity index (χ1n) is 9.84. The Kier molecular flexibility index (Phi) is 7.65. The summed E-state index contributed by atoms with van der Waals surface area (Å²) < 4.78 is 5.71. The number of amides is 2. The molecule has 8 heteroatoms. The Morgan fingerprint density at radius 2 is 1.77 bits per heavy atom. The lowest BCUT2D eigenvalue weighted by Gasteiger charge is -2.09. The summed E-state index contributed by atoms with van der Waals surface area (Å²) in [6, 6.07) is 14.5. The standard InChI is InChI=1S/C23H24ClN3O3S/c1-14(2)22(28)27-18-8-4-16(5-9-18)12-25-23(29)21-15(3)26-20(31-21)13-30-19-10-6-17(24)7-11-19/h4-11,14H,12-13H2,1-3H3,(H,25,29)(H,27,28). The first-order valence-corrected chi connectivity index (χ1v) is 11.0. The first kappa shape index (κ1) is 22.8. The van der Waals surface area contributed by atoms with Gasteiger partial charge in [-0.1, -0.05) is 37.6 Å². The minimum atomic E-state index is -0.176. The van der Waals surface area contributed by atoms with Crippen LogP contribution < -0.4 is 15.4 Å². The molecule has 2 aromatic carbocycles. The Morgan fingerprint density at radius 1 is 1.10 bits per heavy atom. The fourth-order valence-corrected chi connectivity index (χ4v) is 3.68. The van der Waals surface area contributed by atoms with Crippen LogP contribution in [0.2, 0.25) is 5.02 Å². The molecule has 1 heterocycles. The Bertz CT molecular complexity index is 1050. The van der Waals surface area contributed by atoms with Crippen molar-refractivity contribution in [3.63, 3.8) is 0 Å². The zero-order valence-electron chi connectivity index (χ0n) is 17.6. The quantitative estimate of drug-likeness (QED) is 0.486. The maximum atomic E-state index is 12.6. The zero-order chi connectivity index (χ0) is 22.4. The van der Waals surface area contributed by atoms with Gasteiger partial charge in [0.2, 0.25) is 5.91 Å². The lowest BCUT2D eigenvalue weighted by molar-refractivity contribution is -0.118. The average Bonchev–Trinajstić information content (AvgIpc) is 3.13.